The topological polar surface area (TPSA) is 52.6 Å². The summed E-state index contributed by atoms with van der Waals surface area (Å²) in [5.74, 6) is 0.314. The van der Waals surface area contributed by atoms with Crippen LogP contribution in [0.25, 0.3) is 0 Å². The average Bonchev–Trinajstić information content (AvgIpc) is 2.72. The Hall–Kier alpha value is -1.55. The second-order valence-corrected chi connectivity index (χ2v) is 5.41. The molecule has 0 aromatic heterocycles. The number of benzene rings is 1. The summed E-state index contributed by atoms with van der Waals surface area (Å²) in [4.78, 5) is 14.5. The molecule has 110 valence electrons. The summed E-state index contributed by atoms with van der Waals surface area (Å²) >= 11 is 0. The number of hydrogen-bond donors (Lipinski definition) is 2. The van der Waals surface area contributed by atoms with E-state index in [1.165, 1.54) is 6.42 Å². The quantitative estimate of drug-likeness (QED) is 0.892. The molecule has 1 unspecified atom stereocenters. The molecule has 2 rings (SSSR count). The van der Waals surface area contributed by atoms with E-state index in [9.17, 15) is 9.90 Å². The Labute approximate surface area is 120 Å². The monoisotopic (exact) mass is 276 g/mol. The minimum absolute atomic E-state index is 0.0980. The fourth-order valence-corrected chi connectivity index (χ4v) is 2.76. The first-order valence-electron chi connectivity index (χ1n) is 7.48. The van der Waals surface area contributed by atoms with Crippen LogP contribution < -0.4 is 10.2 Å². The number of aryl methyl sites for hydroxylation is 1. The number of carbonyl (C=O) groups is 1. The summed E-state index contributed by atoms with van der Waals surface area (Å²) in [5, 5.41) is 13.0. The predicted octanol–water partition coefficient (Wildman–Crippen LogP) is 2.59. The minimum Gasteiger partial charge on any atom is -0.508 e. The Kier molecular flexibility index (Phi) is 5.01. The van der Waals surface area contributed by atoms with Gasteiger partial charge in [-0.15, -0.1) is 0 Å². The lowest BCUT2D eigenvalue weighted by Gasteiger charge is -2.27. The van der Waals surface area contributed by atoms with Gasteiger partial charge in [0.25, 0.3) is 0 Å². The second kappa shape index (κ2) is 6.75. The van der Waals surface area contributed by atoms with E-state index in [-0.39, 0.29) is 17.7 Å². The normalized spacial score (nSPS) is 19.4. The van der Waals surface area contributed by atoms with Gasteiger partial charge < -0.3 is 15.3 Å². The van der Waals surface area contributed by atoms with Crippen LogP contribution >= 0.6 is 0 Å². The zero-order valence-electron chi connectivity index (χ0n) is 12.4. The van der Waals surface area contributed by atoms with Crippen LogP contribution in [0.5, 0.6) is 5.75 Å². The van der Waals surface area contributed by atoms with Crippen LogP contribution in [-0.2, 0) is 4.79 Å². The Morgan fingerprint density at radius 1 is 1.40 bits per heavy atom. The molecule has 1 atom stereocenters. The van der Waals surface area contributed by atoms with Gasteiger partial charge in [0.05, 0.1) is 11.7 Å². The maximum Gasteiger partial charge on any atom is 0.244 e. The van der Waals surface area contributed by atoms with E-state index in [2.05, 4.69) is 5.32 Å². The van der Waals surface area contributed by atoms with Gasteiger partial charge in [-0.3, -0.25) is 4.79 Å². The van der Waals surface area contributed by atoms with Crippen molar-refractivity contribution in [3.8, 4) is 5.75 Å². The lowest BCUT2D eigenvalue weighted by Crippen LogP contribution is -2.46. The molecule has 4 heteroatoms. The van der Waals surface area contributed by atoms with Crippen molar-refractivity contribution in [1.29, 1.82) is 0 Å². The van der Waals surface area contributed by atoms with Crippen molar-refractivity contribution in [3.05, 3.63) is 23.8 Å². The molecule has 1 aliphatic heterocycles. The molecule has 0 radical (unpaired) electrons. The SMILES string of the molecule is CCN(C(=O)C1CCCCCN1)c1cc(O)ccc1C. The Balaban J connectivity index is 2.22. The lowest BCUT2D eigenvalue weighted by molar-refractivity contribution is -0.120. The van der Waals surface area contributed by atoms with Gasteiger partial charge in [0.1, 0.15) is 5.75 Å². The molecule has 0 aliphatic carbocycles. The maximum atomic E-state index is 12.7. The summed E-state index contributed by atoms with van der Waals surface area (Å²) in [6.45, 7) is 5.46. The number of hydrogen-bond acceptors (Lipinski definition) is 3. The van der Waals surface area contributed by atoms with E-state index in [0.717, 1.165) is 37.1 Å². The van der Waals surface area contributed by atoms with Crippen LogP contribution in [0.15, 0.2) is 18.2 Å². The van der Waals surface area contributed by atoms with E-state index in [1.54, 1.807) is 17.0 Å². The van der Waals surface area contributed by atoms with Crippen molar-refractivity contribution >= 4 is 11.6 Å². The van der Waals surface area contributed by atoms with E-state index < -0.39 is 0 Å². The van der Waals surface area contributed by atoms with Crippen LogP contribution in [0, 0.1) is 6.92 Å². The number of phenolic OH excluding ortho intramolecular Hbond substituents is 1. The molecule has 0 saturated carbocycles. The third-order valence-corrected chi connectivity index (χ3v) is 3.92. The fourth-order valence-electron chi connectivity index (χ4n) is 2.76. The highest BCUT2D eigenvalue weighted by Gasteiger charge is 2.25. The first-order valence-corrected chi connectivity index (χ1v) is 7.48. The molecule has 1 heterocycles. The average molecular weight is 276 g/mol. The van der Waals surface area contributed by atoms with Gasteiger partial charge in [0.15, 0.2) is 0 Å². The highest BCUT2D eigenvalue weighted by atomic mass is 16.3. The number of phenols is 1. The molecule has 0 spiro atoms. The van der Waals surface area contributed by atoms with E-state index in [1.807, 2.05) is 19.9 Å². The van der Waals surface area contributed by atoms with Gasteiger partial charge in [0.2, 0.25) is 5.91 Å². The van der Waals surface area contributed by atoms with Crippen LogP contribution in [0.2, 0.25) is 0 Å². The van der Waals surface area contributed by atoms with Gasteiger partial charge in [-0.25, -0.2) is 0 Å². The zero-order chi connectivity index (χ0) is 14.5. The third-order valence-electron chi connectivity index (χ3n) is 3.92. The molecule has 1 aromatic carbocycles. The zero-order valence-corrected chi connectivity index (χ0v) is 12.4. The molecule has 1 amide bonds. The van der Waals surface area contributed by atoms with Crippen LogP contribution in [0.3, 0.4) is 0 Å². The number of amides is 1. The molecule has 1 aliphatic rings. The molecular formula is C16H24N2O2. The van der Waals surface area contributed by atoms with E-state index >= 15 is 0 Å². The van der Waals surface area contributed by atoms with Gasteiger partial charge in [-0.2, -0.15) is 0 Å². The van der Waals surface area contributed by atoms with Gasteiger partial charge in [-0.05, 0) is 44.9 Å². The Morgan fingerprint density at radius 3 is 2.95 bits per heavy atom. The highest BCUT2D eigenvalue weighted by Crippen LogP contribution is 2.26. The predicted molar refractivity (Wildman–Crippen MR) is 81.1 cm³/mol. The van der Waals surface area contributed by atoms with E-state index in [4.69, 9.17) is 0 Å². The number of aromatic hydroxyl groups is 1. The summed E-state index contributed by atoms with van der Waals surface area (Å²) in [6, 6.07) is 5.08. The molecule has 1 aromatic rings. The molecule has 0 bridgehead atoms. The van der Waals surface area contributed by atoms with Crippen molar-refractivity contribution in [2.45, 2.75) is 45.6 Å². The third kappa shape index (κ3) is 3.31. The first-order chi connectivity index (χ1) is 9.63. The molecule has 1 saturated heterocycles. The van der Waals surface area contributed by atoms with Crippen molar-refractivity contribution in [1.82, 2.24) is 5.32 Å². The molecular weight excluding hydrogens is 252 g/mol. The summed E-state index contributed by atoms with van der Waals surface area (Å²) < 4.78 is 0. The smallest absolute Gasteiger partial charge is 0.244 e. The fraction of sp³-hybridized carbons (Fsp3) is 0.562. The number of rotatable bonds is 3. The molecule has 2 N–H and O–H groups in total. The minimum atomic E-state index is -0.0980. The number of nitrogens with zero attached hydrogens (tertiary/aromatic N) is 1. The molecule has 1 fully saturated rings. The van der Waals surface area contributed by atoms with Gasteiger partial charge in [-0.1, -0.05) is 18.9 Å². The van der Waals surface area contributed by atoms with Crippen molar-refractivity contribution in [3.63, 3.8) is 0 Å². The van der Waals surface area contributed by atoms with Crippen LogP contribution in [0.1, 0.15) is 38.2 Å². The second-order valence-electron chi connectivity index (χ2n) is 5.41. The number of likely N-dealkylation sites (N-methyl/N-ethyl adjacent to an activating group) is 1. The van der Waals surface area contributed by atoms with Crippen molar-refractivity contribution in [2.75, 3.05) is 18.0 Å². The van der Waals surface area contributed by atoms with Crippen LogP contribution in [0.4, 0.5) is 5.69 Å². The van der Waals surface area contributed by atoms with E-state index in [0.29, 0.717) is 6.54 Å². The number of anilines is 1. The molecule has 20 heavy (non-hydrogen) atoms. The Morgan fingerprint density at radius 2 is 2.20 bits per heavy atom. The number of nitrogens with one attached hydrogen (secondary N) is 1. The van der Waals surface area contributed by atoms with Gasteiger partial charge >= 0.3 is 0 Å². The molecule has 4 nitrogen and oxygen atoms in total. The highest BCUT2D eigenvalue weighted by molar-refractivity contribution is 5.98. The summed E-state index contributed by atoms with van der Waals surface area (Å²) in [7, 11) is 0. The lowest BCUT2D eigenvalue weighted by atomic mass is 10.1. The largest absolute Gasteiger partial charge is 0.508 e. The van der Waals surface area contributed by atoms with Gasteiger partial charge in [0, 0.05) is 12.6 Å². The van der Waals surface area contributed by atoms with Crippen LogP contribution in [-0.4, -0.2) is 30.1 Å². The standard InChI is InChI=1S/C16H24N2O2/c1-3-18(15-11-13(19)9-8-12(15)2)16(20)14-7-5-4-6-10-17-14/h8-9,11,14,17,19H,3-7,10H2,1-2H3. The van der Waals surface area contributed by atoms with Crippen molar-refractivity contribution < 1.29 is 9.90 Å². The summed E-state index contributed by atoms with van der Waals surface area (Å²) in [5.41, 5.74) is 1.81. The Bertz CT molecular complexity index is 466. The number of carbonyl (C=O) groups excluding carboxylic acids is 1. The van der Waals surface area contributed by atoms with Crippen molar-refractivity contribution in [2.24, 2.45) is 0 Å². The first kappa shape index (κ1) is 14.9. The summed E-state index contributed by atoms with van der Waals surface area (Å²) in [6.07, 6.45) is 4.32. The maximum absolute atomic E-state index is 12.7.